The topological polar surface area (TPSA) is 97.1 Å². The molecule has 7 nitrogen and oxygen atoms in total. The Balaban J connectivity index is 1.85. The van der Waals surface area contributed by atoms with E-state index in [2.05, 4.69) is 22.7 Å². The number of hydrogen-bond acceptors (Lipinski definition) is 5. The maximum Gasteiger partial charge on any atom is 0.163 e. The number of nitrogens with two attached hydrogens (primary N) is 1. The second kappa shape index (κ2) is 5.82. The Morgan fingerprint density at radius 2 is 2.28 bits per heavy atom. The van der Waals surface area contributed by atoms with Crippen molar-refractivity contribution in [2.75, 3.05) is 24.7 Å². The van der Waals surface area contributed by atoms with Crippen molar-refractivity contribution in [1.82, 2.24) is 15.0 Å². The standard InChI is InChI=1S/C17H23N5O2S/c1-12-11-24-8-7-22(12)15-9-14(17(4-5-17)25(2,18)23)20-16(21-15)13-3-6-19-10-13/h3,6,9-10,12,19H,2,4-5,7-8,11H2,1H3,(H2,18,23)/t12-,25?/m1/s1. The monoisotopic (exact) mass is 361 g/mol. The molecule has 0 bridgehead atoms. The van der Waals surface area contributed by atoms with E-state index < -0.39 is 14.5 Å². The lowest BCUT2D eigenvalue weighted by Gasteiger charge is -2.34. The largest absolute Gasteiger partial charge is 0.377 e. The number of hydrogen-bond donors (Lipinski definition) is 2. The number of rotatable bonds is 4. The van der Waals surface area contributed by atoms with Gasteiger partial charge in [0.05, 0.1) is 29.7 Å². The maximum absolute atomic E-state index is 12.6. The molecule has 2 aromatic rings. The molecule has 1 aliphatic heterocycles. The van der Waals surface area contributed by atoms with Crippen LogP contribution >= 0.6 is 0 Å². The van der Waals surface area contributed by atoms with Crippen molar-refractivity contribution in [3.63, 3.8) is 0 Å². The van der Waals surface area contributed by atoms with E-state index >= 15 is 0 Å². The second-order valence-corrected chi connectivity index (χ2v) is 9.11. The Labute approximate surface area is 147 Å². The van der Waals surface area contributed by atoms with Crippen molar-refractivity contribution >= 4 is 21.4 Å². The number of H-pyrrole nitrogens is 1. The number of aromatic nitrogens is 3. The van der Waals surface area contributed by atoms with Gasteiger partial charge in [-0.1, -0.05) is 0 Å². The Morgan fingerprint density at radius 1 is 1.48 bits per heavy atom. The van der Waals surface area contributed by atoms with Crippen LogP contribution in [0.5, 0.6) is 0 Å². The minimum Gasteiger partial charge on any atom is -0.377 e. The third kappa shape index (κ3) is 2.84. The van der Waals surface area contributed by atoms with Crippen LogP contribution in [0.4, 0.5) is 5.82 Å². The fourth-order valence-corrected chi connectivity index (χ4v) is 4.62. The van der Waals surface area contributed by atoms with Crippen LogP contribution < -0.4 is 10.0 Å². The summed E-state index contributed by atoms with van der Waals surface area (Å²) in [6, 6.07) is 4.07. The van der Waals surface area contributed by atoms with Gasteiger partial charge in [-0.3, -0.25) is 9.35 Å². The molecule has 2 atom stereocenters. The van der Waals surface area contributed by atoms with Crippen molar-refractivity contribution in [2.45, 2.75) is 30.6 Å². The van der Waals surface area contributed by atoms with E-state index in [0.29, 0.717) is 19.0 Å². The van der Waals surface area contributed by atoms with Crippen LogP contribution in [-0.2, 0) is 19.2 Å². The first-order valence-electron chi connectivity index (χ1n) is 8.42. The Hall–Kier alpha value is -1.90. The molecule has 2 aliphatic rings. The summed E-state index contributed by atoms with van der Waals surface area (Å²) in [7, 11) is -2.73. The predicted molar refractivity (Wildman–Crippen MR) is 99.8 cm³/mol. The summed E-state index contributed by atoms with van der Waals surface area (Å²) in [4.78, 5) is 14.7. The van der Waals surface area contributed by atoms with E-state index in [4.69, 9.17) is 19.8 Å². The summed E-state index contributed by atoms with van der Waals surface area (Å²) < 4.78 is 17.5. The molecule has 0 spiro atoms. The molecule has 2 aromatic heterocycles. The van der Waals surface area contributed by atoms with Crippen LogP contribution in [0.2, 0.25) is 0 Å². The van der Waals surface area contributed by atoms with E-state index in [1.807, 2.05) is 24.5 Å². The molecule has 0 aromatic carbocycles. The van der Waals surface area contributed by atoms with Crippen LogP contribution in [0.1, 0.15) is 25.5 Å². The van der Waals surface area contributed by atoms with Gasteiger partial charge in [0.25, 0.3) is 0 Å². The van der Waals surface area contributed by atoms with Crippen LogP contribution in [0.3, 0.4) is 0 Å². The van der Waals surface area contributed by atoms with Crippen LogP contribution in [0.15, 0.2) is 24.5 Å². The molecule has 8 heteroatoms. The van der Waals surface area contributed by atoms with Crippen LogP contribution in [0, 0.1) is 0 Å². The van der Waals surface area contributed by atoms with Crippen molar-refractivity contribution in [1.29, 1.82) is 0 Å². The molecule has 1 saturated heterocycles. The molecule has 1 saturated carbocycles. The first-order valence-corrected chi connectivity index (χ1v) is 10.2. The number of morpholine rings is 1. The molecule has 1 unspecified atom stereocenters. The molecule has 0 amide bonds. The van der Waals surface area contributed by atoms with E-state index in [9.17, 15) is 4.21 Å². The fourth-order valence-electron chi connectivity index (χ4n) is 3.37. The van der Waals surface area contributed by atoms with Crippen molar-refractivity contribution in [2.24, 2.45) is 5.14 Å². The zero-order chi connectivity index (χ0) is 17.7. The summed E-state index contributed by atoms with van der Waals surface area (Å²) in [6.45, 7) is 4.20. The lowest BCUT2D eigenvalue weighted by atomic mass is 10.2. The van der Waals surface area contributed by atoms with Gasteiger partial charge in [0.15, 0.2) is 5.82 Å². The lowest BCUT2D eigenvalue weighted by molar-refractivity contribution is 0.0985. The van der Waals surface area contributed by atoms with E-state index in [1.165, 1.54) is 0 Å². The molecule has 3 heterocycles. The highest BCUT2D eigenvalue weighted by Crippen LogP contribution is 2.51. The molecule has 134 valence electrons. The Bertz CT molecular complexity index is 874. The second-order valence-electron chi connectivity index (χ2n) is 6.87. The van der Waals surface area contributed by atoms with Gasteiger partial charge in [-0.15, -0.1) is 0 Å². The smallest absolute Gasteiger partial charge is 0.163 e. The summed E-state index contributed by atoms with van der Waals surface area (Å²) in [5, 5.41) is 5.95. The number of aromatic amines is 1. The van der Waals surface area contributed by atoms with Gasteiger partial charge >= 0.3 is 0 Å². The van der Waals surface area contributed by atoms with Crippen molar-refractivity contribution in [3.8, 4) is 11.4 Å². The molecule has 3 N–H and O–H groups in total. The molecular formula is C17H23N5O2S. The van der Waals surface area contributed by atoms with Gasteiger partial charge in [0.2, 0.25) is 0 Å². The minimum absolute atomic E-state index is 0.215. The number of nitrogens with zero attached hydrogens (tertiary/aromatic N) is 3. The highest BCUT2D eigenvalue weighted by molar-refractivity contribution is 7.99. The fraction of sp³-hybridized carbons (Fsp3) is 0.471. The molecule has 0 radical (unpaired) electrons. The maximum atomic E-state index is 12.6. The molecular weight excluding hydrogens is 338 g/mol. The average molecular weight is 361 g/mol. The molecule has 2 fully saturated rings. The SMILES string of the molecule is C=S(N)(=O)C1(c2cc(N3CCOC[C@H]3C)nc(-c3cc[nH]c3)n2)CC1. The van der Waals surface area contributed by atoms with Crippen LogP contribution in [-0.4, -0.2) is 50.8 Å². The minimum atomic E-state index is -2.73. The third-order valence-electron chi connectivity index (χ3n) is 5.06. The molecule has 4 rings (SSSR count). The average Bonchev–Trinajstić information content (AvgIpc) is 3.23. The van der Waals surface area contributed by atoms with Crippen molar-refractivity contribution < 1.29 is 8.95 Å². The molecule has 25 heavy (non-hydrogen) atoms. The van der Waals surface area contributed by atoms with Crippen LogP contribution in [0.25, 0.3) is 11.4 Å². The highest BCUT2D eigenvalue weighted by Gasteiger charge is 2.52. The zero-order valence-corrected chi connectivity index (χ0v) is 15.1. The third-order valence-corrected chi connectivity index (χ3v) is 7.00. The van der Waals surface area contributed by atoms with Gasteiger partial charge in [-0.05, 0) is 31.7 Å². The highest BCUT2D eigenvalue weighted by atomic mass is 32.2. The van der Waals surface area contributed by atoms with Crippen molar-refractivity contribution in [3.05, 3.63) is 30.2 Å². The van der Waals surface area contributed by atoms with E-state index in [-0.39, 0.29) is 6.04 Å². The van der Waals surface area contributed by atoms with Gasteiger partial charge in [0.1, 0.15) is 5.82 Å². The summed E-state index contributed by atoms with van der Waals surface area (Å²) in [5.41, 5.74) is 1.63. The summed E-state index contributed by atoms with van der Waals surface area (Å²) in [6.07, 6.45) is 5.18. The number of anilines is 1. The Morgan fingerprint density at radius 3 is 2.88 bits per heavy atom. The Kier molecular flexibility index (Phi) is 3.86. The van der Waals surface area contributed by atoms with E-state index in [1.54, 1.807) is 0 Å². The first-order chi connectivity index (χ1) is 11.9. The van der Waals surface area contributed by atoms with Gasteiger partial charge in [-0.2, -0.15) is 0 Å². The normalized spacial score (nSPS) is 24.7. The van der Waals surface area contributed by atoms with Gasteiger partial charge in [0, 0.05) is 40.3 Å². The number of nitrogens with one attached hydrogen (secondary N) is 1. The van der Waals surface area contributed by atoms with Gasteiger partial charge < -0.3 is 14.6 Å². The van der Waals surface area contributed by atoms with E-state index in [0.717, 1.165) is 36.5 Å². The predicted octanol–water partition coefficient (Wildman–Crippen LogP) is 1.28. The molecule has 1 aliphatic carbocycles. The quantitative estimate of drug-likeness (QED) is 0.800. The zero-order valence-electron chi connectivity index (χ0n) is 14.3. The van der Waals surface area contributed by atoms with Gasteiger partial charge in [-0.25, -0.2) is 9.97 Å². The summed E-state index contributed by atoms with van der Waals surface area (Å²) in [5.74, 6) is 5.18. The lowest BCUT2D eigenvalue weighted by Crippen LogP contribution is -2.44. The summed E-state index contributed by atoms with van der Waals surface area (Å²) >= 11 is 0. The first kappa shape index (κ1) is 16.6. The number of ether oxygens (including phenoxy) is 1.